The summed E-state index contributed by atoms with van der Waals surface area (Å²) in [5.74, 6) is 1.71. The second-order valence-corrected chi connectivity index (χ2v) is 6.57. The number of nitrogens with one attached hydrogen (secondary N) is 1. The summed E-state index contributed by atoms with van der Waals surface area (Å²) in [5, 5.41) is 7.14. The minimum Gasteiger partial charge on any atom is -0.296 e. The zero-order valence-corrected chi connectivity index (χ0v) is 13.1. The fourth-order valence-corrected chi connectivity index (χ4v) is 3.35. The topological polar surface area (TPSA) is 66.1 Å². The van der Waals surface area contributed by atoms with Gasteiger partial charge in [0.25, 0.3) is 0 Å². The van der Waals surface area contributed by atoms with Gasteiger partial charge in [-0.2, -0.15) is 5.10 Å². The molecule has 3 rings (SSSR count). The Morgan fingerprint density at radius 1 is 1.41 bits per heavy atom. The van der Waals surface area contributed by atoms with E-state index in [0.717, 1.165) is 16.9 Å². The number of anilines is 1. The van der Waals surface area contributed by atoms with Crippen LogP contribution in [0.4, 0.5) is 5.82 Å². The smallest absolute Gasteiger partial charge is 0.228 e. The number of aromatic nitrogens is 2. The second-order valence-electron chi connectivity index (χ2n) is 5.38. The molecular formula is C16H17N3O2S. The minimum absolute atomic E-state index is 0.0792. The highest BCUT2D eigenvalue weighted by atomic mass is 32.2. The summed E-state index contributed by atoms with van der Waals surface area (Å²) in [7, 11) is 0. The van der Waals surface area contributed by atoms with E-state index in [9.17, 15) is 9.59 Å². The number of thioether (sulfide) groups is 1. The van der Waals surface area contributed by atoms with E-state index in [2.05, 4.69) is 10.2 Å². The first-order valence-corrected chi connectivity index (χ1v) is 8.16. The zero-order valence-electron chi connectivity index (χ0n) is 12.3. The molecule has 0 aliphatic carbocycles. The predicted molar refractivity (Wildman–Crippen MR) is 87.6 cm³/mol. The number of amides is 1. The van der Waals surface area contributed by atoms with Crippen LogP contribution in [0, 0.1) is 5.92 Å². The van der Waals surface area contributed by atoms with Gasteiger partial charge in [-0.05, 0) is 11.5 Å². The van der Waals surface area contributed by atoms with Gasteiger partial charge in [0.15, 0.2) is 5.12 Å². The Bertz CT molecular complexity index is 684. The fraction of sp³-hybridized carbons (Fsp3) is 0.312. The summed E-state index contributed by atoms with van der Waals surface area (Å²) in [6.45, 7) is 2.18. The van der Waals surface area contributed by atoms with Gasteiger partial charge in [-0.3, -0.25) is 19.6 Å². The zero-order chi connectivity index (χ0) is 15.5. The van der Waals surface area contributed by atoms with Crippen LogP contribution in [0.3, 0.4) is 0 Å². The van der Waals surface area contributed by atoms with E-state index in [4.69, 9.17) is 0 Å². The van der Waals surface area contributed by atoms with E-state index in [1.54, 1.807) is 18.0 Å². The average molecular weight is 315 g/mol. The molecule has 1 fully saturated rings. The van der Waals surface area contributed by atoms with Crippen molar-refractivity contribution in [2.75, 3.05) is 17.2 Å². The van der Waals surface area contributed by atoms with Crippen LogP contribution in [0.2, 0.25) is 0 Å². The average Bonchev–Trinajstić information content (AvgIpc) is 3.12. The molecule has 0 saturated carbocycles. The first-order chi connectivity index (χ1) is 10.6. The molecule has 1 atom stereocenters. The van der Waals surface area contributed by atoms with Crippen LogP contribution in [0.1, 0.15) is 13.3 Å². The lowest BCUT2D eigenvalue weighted by Crippen LogP contribution is -2.25. The lowest BCUT2D eigenvalue weighted by molar-refractivity contribution is -0.117. The normalized spacial score (nSPS) is 18.0. The first kappa shape index (κ1) is 14.8. The third kappa shape index (κ3) is 3.06. The van der Waals surface area contributed by atoms with Crippen molar-refractivity contribution in [2.45, 2.75) is 13.3 Å². The summed E-state index contributed by atoms with van der Waals surface area (Å²) < 4.78 is 0. The Labute approximate surface area is 133 Å². The lowest BCUT2D eigenvalue weighted by atomic mass is 10.1. The molecule has 1 aromatic heterocycles. The molecule has 6 heteroatoms. The number of carbonyl (C=O) groups excluding carboxylic acids is 2. The summed E-state index contributed by atoms with van der Waals surface area (Å²) in [6.07, 6.45) is 2.23. The SMILES string of the molecule is CC(=O)SCC1CC(=O)N(c2[nH]ncc2-c2ccccc2)C1. The van der Waals surface area contributed by atoms with E-state index in [-0.39, 0.29) is 16.9 Å². The van der Waals surface area contributed by atoms with Crippen molar-refractivity contribution in [1.29, 1.82) is 0 Å². The molecule has 22 heavy (non-hydrogen) atoms. The van der Waals surface area contributed by atoms with Crippen molar-refractivity contribution in [3.63, 3.8) is 0 Å². The van der Waals surface area contributed by atoms with Gasteiger partial charge in [0.05, 0.1) is 6.20 Å². The minimum atomic E-state index is 0.0792. The summed E-state index contributed by atoms with van der Waals surface area (Å²) >= 11 is 1.29. The molecule has 1 aromatic carbocycles. The van der Waals surface area contributed by atoms with Crippen LogP contribution < -0.4 is 4.90 Å². The number of hydrogen-bond acceptors (Lipinski definition) is 4. The van der Waals surface area contributed by atoms with Gasteiger partial charge in [-0.15, -0.1) is 0 Å². The molecule has 2 heterocycles. The molecule has 5 nitrogen and oxygen atoms in total. The summed E-state index contributed by atoms with van der Waals surface area (Å²) in [5.41, 5.74) is 1.95. The molecule has 2 aromatic rings. The molecular weight excluding hydrogens is 298 g/mol. The van der Waals surface area contributed by atoms with Gasteiger partial charge >= 0.3 is 0 Å². The highest BCUT2D eigenvalue weighted by Gasteiger charge is 2.33. The van der Waals surface area contributed by atoms with E-state index in [1.807, 2.05) is 30.3 Å². The molecule has 1 amide bonds. The van der Waals surface area contributed by atoms with Crippen molar-refractivity contribution >= 4 is 28.6 Å². The maximum absolute atomic E-state index is 12.3. The number of carbonyl (C=O) groups is 2. The van der Waals surface area contributed by atoms with Gasteiger partial charge < -0.3 is 0 Å². The van der Waals surface area contributed by atoms with Crippen molar-refractivity contribution in [3.05, 3.63) is 36.5 Å². The molecule has 0 spiro atoms. The van der Waals surface area contributed by atoms with Gasteiger partial charge in [-0.25, -0.2) is 0 Å². The predicted octanol–water partition coefficient (Wildman–Crippen LogP) is 2.71. The van der Waals surface area contributed by atoms with Crippen LogP contribution in [-0.2, 0) is 9.59 Å². The Balaban J connectivity index is 1.79. The van der Waals surface area contributed by atoms with Crippen molar-refractivity contribution in [2.24, 2.45) is 5.92 Å². The van der Waals surface area contributed by atoms with E-state index < -0.39 is 0 Å². The standard InChI is InChI=1S/C16H17N3O2S/c1-11(20)22-10-12-7-15(21)19(9-12)16-14(8-17-18-16)13-5-3-2-4-6-13/h2-6,8,12H,7,9-10H2,1H3,(H,17,18). The highest BCUT2D eigenvalue weighted by molar-refractivity contribution is 8.13. The van der Waals surface area contributed by atoms with Gasteiger partial charge in [-0.1, -0.05) is 42.1 Å². The summed E-state index contributed by atoms with van der Waals surface area (Å²) in [6, 6.07) is 9.88. The third-order valence-electron chi connectivity index (χ3n) is 3.70. The first-order valence-electron chi connectivity index (χ1n) is 7.17. The number of rotatable bonds is 4. The quantitative estimate of drug-likeness (QED) is 0.942. The van der Waals surface area contributed by atoms with E-state index in [1.165, 1.54) is 11.8 Å². The fourth-order valence-electron chi connectivity index (χ4n) is 2.66. The Morgan fingerprint density at radius 3 is 2.91 bits per heavy atom. The van der Waals surface area contributed by atoms with Crippen LogP contribution in [-0.4, -0.2) is 33.5 Å². The van der Waals surface area contributed by atoms with Crippen LogP contribution in [0.25, 0.3) is 11.1 Å². The molecule has 1 unspecified atom stereocenters. The Morgan fingerprint density at radius 2 is 2.18 bits per heavy atom. The molecule has 1 saturated heterocycles. The summed E-state index contributed by atoms with van der Waals surface area (Å²) in [4.78, 5) is 25.1. The van der Waals surface area contributed by atoms with Gasteiger partial charge in [0, 0.05) is 31.2 Å². The number of benzene rings is 1. The van der Waals surface area contributed by atoms with Gasteiger partial charge in [0.1, 0.15) is 5.82 Å². The van der Waals surface area contributed by atoms with Crippen molar-refractivity contribution in [1.82, 2.24) is 10.2 Å². The van der Waals surface area contributed by atoms with E-state index in [0.29, 0.717) is 18.7 Å². The van der Waals surface area contributed by atoms with Crippen LogP contribution in [0.5, 0.6) is 0 Å². The number of hydrogen-bond donors (Lipinski definition) is 1. The Hall–Kier alpha value is -2.08. The monoisotopic (exact) mass is 315 g/mol. The van der Waals surface area contributed by atoms with Crippen LogP contribution >= 0.6 is 11.8 Å². The molecule has 1 aliphatic heterocycles. The maximum atomic E-state index is 12.3. The number of H-pyrrole nitrogens is 1. The lowest BCUT2D eigenvalue weighted by Gasteiger charge is -2.16. The number of aromatic amines is 1. The van der Waals surface area contributed by atoms with Crippen molar-refractivity contribution in [3.8, 4) is 11.1 Å². The highest BCUT2D eigenvalue weighted by Crippen LogP contribution is 2.33. The largest absolute Gasteiger partial charge is 0.296 e. The van der Waals surface area contributed by atoms with Crippen molar-refractivity contribution < 1.29 is 9.59 Å². The Kier molecular flexibility index (Phi) is 4.29. The van der Waals surface area contributed by atoms with Gasteiger partial charge in [0.2, 0.25) is 5.91 Å². The molecule has 1 aliphatic rings. The number of nitrogens with zero attached hydrogens (tertiary/aromatic N) is 2. The molecule has 1 N–H and O–H groups in total. The molecule has 114 valence electrons. The second kappa shape index (κ2) is 6.36. The molecule has 0 bridgehead atoms. The maximum Gasteiger partial charge on any atom is 0.228 e. The third-order valence-corrected chi connectivity index (χ3v) is 4.75. The molecule has 0 radical (unpaired) electrons. The van der Waals surface area contributed by atoms with E-state index >= 15 is 0 Å². The van der Waals surface area contributed by atoms with Crippen LogP contribution in [0.15, 0.2) is 36.5 Å².